The summed E-state index contributed by atoms with van der Waals surface area (Å²) in [5.41, 5.74) is 5.29. The summed E-state index contributed by atoms with van der Waals surface area (Å²) in [4.78, 5) is 37.4. The zero-order valence-corrected chi connectivity index (χ0v) is 21.8. The van der Waals surface area contributed by atoms with Crippen molar-refractivity contribution in [1.82, 2.24) is 34.7 Å². The first-order valence-corrected chi connectivity index (χ1v) is 12.6. The van der Waals surface area contributed by atoms with Gasteiger partial charge in [-0.3, -0.25) is 9.88 Å². The molecule has 0 bridgehead atoms. The van der Waals surface area contributed by atoms with E-state index in [1.54, 1.807) is 11.0 Å². The molecule has 1 aliphatic heterocycles. The molecule has 3 aromatic heterocycles. The van der Waals surface area contributed by atoms with Gasteiger partial charge in [-0.1, -0.05) is 6.07 Å². The fourth-order valence-electron chi connectivity index (χ4n) is 4.45. The molecule has 0 spiro atoms. The maximum Gasteiger partial charge on any atom is 0.410 e. The van der Waals surface area contributed by atoms with E-state index < -0.39 is 5.60 Å². The minimum Gasteiger partial charge on any atom is -0.444 e. The van der Waals surface area contributed by atoms with Crippen molar-refractivity contribution < 1.29 is 9.53 Å². The molecule has 1 saturated heterocycles. The van der Waals surface area contributed by atoms with E-state index in [9.17, 15) is 4.79 Å². The number of aromatic amines is 1. The fourth-order valence-corrected chi connectivity index (χ4v) is 4.45. The molecule has 0 radical (unpaired) electrons. The molecule has 1 amide bonds. The van der Waals surface area contributed by atoms with Gasteiger partial charge in [-0.05, 0) is 50.6 Å². The van der Waals surface area contributed by atoms with E-state index in [1.165, 1.54) is 11.9 Å². The Kier molecular flexibility index (Phi) is 7.03. The SMILES string of the molecule is CC(C)(C)OC(=O)N1CCN(Cc2ccnc(Cc3nc4ccc(-c5cc(C#N)ncn5)cc4[nH]3)c2)CC1. The van der Waals surface area contributed by atoms with E-state index in [4.69, 9.17) is 15.0 Å². The second-order valence-electron chi connectivity index (χ2n) is 10.4. The van der Waals surface area contributed by atoms with E-state index in [-0.39, 0.29) is 6.09 Å². The fraction of sp³-hybridized carbons (Fsp3) is 0.357. The number of amides is 1. The number of imidazole rings is 1. The number of carbonyl (C=O) groups is 1. The van der Waals surface area contributed by atoms with Crippen molar-refractivity contribution in [2.24, 2.45) is 0 Å². The Morgan fingerprint density at radius 3 is 2.66 bits per heavy atom. The number of H-pyrrole nitrogens is 1. The van der Waals surface area contributed by atoms with Crippen LogP contribution >= 0.6 is 0 Å². The Balaban J connectivity index is 1.22. The number of nitriles is 1. The Morgan fingerprint density at radius 2 is 1.89 bits per heavy atom. The number of hydrogen-bond acceptors (Lipinski definition) is 8. The first kappa shape index (κ1) is 25.3. The largest absolute Gasteiger partial charge is 0.444 e. The van der Waals surface area contributed by atoms with Crippen molar-refractivity contribution in [2.75, 3.05) is 26.2 Å². The van der Waals surface area contributed by atoms with Crippen molar-refractivity contribution in [2.45, 2.75) is 39.3 Å². The molecule has 10 nitrogen and oxygen atoms in total. The number of nitrogens with one attached hydrogen (secondary N) is 1. The van der Waals surface area contributed by atoms with Crippen molar-refractivity contribution >= 4 is 17.1 Å². The number of carbonyl (C=O) groups excluding carboxylic acids is 1. The average Bonchev–Trinajstić information content (AvgIpc) is 3.30. The van der Waals surface area contributed by atoms with Crippen LogP contribution in [0.2, 0.25) is 0 Å². The van der Waals surface area contributed by atoms with Crippen LogP contribution in [0.5, 0.6) is 0 Å². The van der Waals surface area contributed by atoms with Crippen LogP contribution in [-0.4, -0.2) is 72.6 Å². The molecule has 194 valence electrons. The van der Waals surface area contributed by atoms with Gasteiger partial charge in [0.05, 0.1) is 16.7 Å². The van der Waals surface area contributed by atoms with Gasteiger partial charge in [-0.15, -0.1) is 0 Å². The molecule has 0 atom stereocenters. The first-order chi connectivity index (χ1) is 18.3. The molecule has 38 heavy (non-hydrogen) atoms. The molecule has 0 unspecified atom stereocenters. The second-order valence-corrected chi connectivity index (χ2v) is 10.4. The van der Waals surface area contributed by atoms with E-state index in [0.29, 0.717) is 30.9 Å². The van der Waals surface area contributed by atoms with Crippen LogP contribution in [0.25, 0.3) is 22.3 Å². The standard InChI is InChI=1S/C28H30N8O2/c1-28(2,3)38-27(37)36-10-8-35(9-11-36)17-19-6-7-30-21(12-19)15-26-33-23-5-4-20(13-25(23)34-26)24-14-22(16-29)31-18-32-24/h4-7,12-14,18H,8-11,15,17H2,1-3H3,(H,33,34). The molecule has 4 heterocycles. The molecular formula is C28H30N8O2. The number of aromatic nitrogens is 5. The van der Waals surface area contributed by atoms with Crippen molar-refractivity contribution in [3.63, 3.8) is 0 Å². The maximum absolute atomic E-state index is 12.3. The highest BCUT2D eigenvalue weighted by Crippen LogP contribution is 2.23. The van der Waals surface area contributed by atoms with Crippen molar-refractivity contribution in [1.29, 1.82) is 5.26 Å². The summed E-state index contributed by atoms with van der Waals surface area (Å²) in [6.45, 7) is 9.35. The van der Waals surface area contributed by atoms with Gasteiger partial charge < -0.3 is 14.6 Å². The maximum atomic E-state index is 12.3. The van der Waals surface area contributed by atoms with Crippen LogP contribution in [-0.2, 0) is 17.7 Å². The van der Waals surface area contributed by atoms with Crippen molar-refractivity contribution in [3.8, 4) is 17.3 Å². The van der Waals surface area contributed by atoms with Crippen LogP contribution in [0, 0.1) is 11.3 Å². The van der Waals surface area contributed by atoms with Crippen LogP contribution < -0.4 is 0 Å². The number of ether oxygens (including phenoxy) is 1. The third-order valence-electron chi connectivity index (χ3n) is 6.27. The van der Waals surface area contributed by atoms with E-state index in [0.717, 1.165) is 47.7 Å². The van der Waals surface area contributed by atoms with Gasteiger partial charge in [0.1, 0.15) is 29.5 Å². The summed E-state index contributed by atoms with van der Waals surface area (Å²) in [5.74, 6) is 0.827. The van der Waals surface area contributed by atoms with Gasteiger partial charge in [-0.25, -0.2) is 19.7 Å². The monoisotopic (exact) mass is 510 g/mol. The highest BCUT2D eigenvalue weighted by Gasteiger charge is 2.25. The van der Waals surface area contributed by atoms with Crippen LogP contribution in [0.1, 0.15) is 43.5 Å². The Bertz CT molecular complexity index is 1490. The first-order valence-electron chi connectivity index (χ1n) is 12.6. The highest BCUT2D eigenvalue weighted by molar-refractivity contribution is 5.81. The quantitative estimate of drug-likeness (QED) is 0.428. The van der Waals surface area contributed by atoms with E-state index >= 15 is 0 Å². The Morgan fingerprint density at radius 1 is 1.08 bits per heavy atom. The lowest BCUT2D eigenvalue weighted by molar-refractivity contribution is 0.0139. The minimum absolute atomic E-state index is 0.245. The molecule has 1 aromatic carbocycles. The molecule has 0 aliphatic carbocycles. The summed E-state index contributed by atoms with van der Waals surface area (Å²) < 4.78 is 5.50. The Hall–Kier alpha value is -4.36. The predicted molar refractivity (Wildman–Crippen MR) is 142 cm³/mol. The summed E-state index contributed by atoms with van der Waals surface area (Å²) in [6, 6.07) is 13.7. The van der Waals surface area contributed by atoms with E-state index in [2.05, 4.69) is 30.9 Å². The zero-order valence-electron chi connectivity index (χ0n) is 21.8. The lowest BCUT2D eigenvalue weighted by atomic mass is 10.1. The minimum atomic E-state index is -0.483. The number of rotatable bonds is 5. The number of nitrogens with zero attached hydrogens (tertiary/aromatic N) is 7. The lowest BCUT2D eigenvalue weighted by Gasteiger charge is -2.35. The van der Waals surface area contributed by atoms with Gasteiger partial charge in [-0.2, -0.15) is 5.26 Å². The molecular weight excluding hydrogens is 480 g/mol. The Labute approximate surface area is 221 Å². The van der Waals surface area contributed by atoms with Gasteiger partial charge in [0.25, 0.3) is 0 Å². The molecule has 0 saturated carbocycles. The number of hydrogen-bond donors (Lipinski definition) is 1. The molecule has 1 N–H and O–H groups in total. The molecule has 1 fully saturated rings. The third-order valence-corrected chi connectivity index (χ3v) is 6.27. The normalized spacial score (nSPS) is 14.4. The second kappa shape index (κ2) is 10.6. The molecule has 1 aliphatic rings. The lowest BCUT2D eigenvalue weighted by Crippen LogP contribution is -2.49. The summed E-state index contributed by atoms with van der Waals surface area (Å²) in [6.07, 6.45) is 3.57. The number of fused-ring (bicyclic) bond motifs is 1. The molecule has 5 rings (SSSR count). The summed E-state index contributed by atoms with van der Waals surface area (Å²) >= 11 is 0. The summed E-state index contributed by atoms with van der Waals surface area (Å²) in [7, 11) is 0. The zero-order chi connectivity index (χ0) is 26.7. The highest BCUT2D eigenvalue weighted by atomic mass is 16.6. The van der Waals surface area contributed by atoms with E-state index in [1.807, 2.05) is 57.3 Å². The van der Waals surface area contributed by atoms with Crippen LogP contribution in [0.15, 0.2) is 48.9 Å². The molecule has 4 aromatic rings. The topological polar surface area (TPSA) is 124 Å². The number of pyridine rings is 1. The van der Waals surface area contributed by atoms with Gasteiger partial charge in [0, 0.05) is 62.7 Å². The van der Waals surface area contributed by atoms with Crippen LogP contribution in [0.3, 0.4) is 0 Å². The average molecular weight is 511 g/mol. The third kappa shape index (κ3) is 6.12. The number of benzene rings is 1. The molecule has 10 heteroatoms. The number of piperazine rings is 1. The van der Waals surface area contributed by atoms with Gasteiger partial charge in [0.15, 0.2) is 0 Å². The smallest absolute Gasteiger partial charge is 0.410 e. The summed E-state index contributed by atoms with van der Waals surface area (Å²) in [5, 5.41) is 9.12. The van der Waals surface area contributed by atoms with Gasteiger partial charge in [0.2, 0.25) is 0 Å². The van der Waals surface area contributed by atoms with Crippen molar-refractivity contribution in [3.05, 3.63) is 71.7 Å². The van der Waals surface area contributed by atoms with Crippen LogP contribution in [0.4, 0.5) is 4.79 Å². The van der Waals surface area contributed by atoms with Gasteiger partial charge >= 0.3 is 6.09 Å². The predicted octanol–water partition coefficient (Wildman–Crippen LogP) is 3.93.